The third-order valence-corrected chi connectivity index (χ3v) is 7.97. The first-order valence-electron chi connectivity index (χ1n) is 12.3. The Morgan fingerprint density at radius 1 is 1.17 bits per heavy atom. The van der Waals surface area contributed by atoms with Gasteiger partial charge >= 0.3 is 6.09 Å². The molecular formula is C24H35N5O6S. The van der Waals surface area contributed by atoms with Gasteiger partial charge in [0.2, 0.25) is 15.9 Å². The van der Waals surface area contributed by atoms with E-state index in [0.717, 1.165) is 23.4 Å². The highest BCUT2D eigenvalue weighted by Crippen LogP contribution is 2.41. The van der Waals surface area contributed by atoms with E-state index in [9.17, 15) is 22.8 Å². The first-order valence-corrected chi connectivity index (χ1v) is 14.2. The predicted molar refractivity (Wildman–Crippen MR) is 130 cm³/mol. The van der Waals surface area contributed by atoms with Crippen molar-refractivity contribution in [3.05, 3.63) is 23.8 Å². The smallest absolute Gasteiger partial charge is 0.410 e. The van der Waals surface area contributed by atoms with Crippen molar-refractivity contribution in [1.82, 2.24) is 24.1 Å². The Morgan fingerprint density at radius 3 is 2.33 bits per heavy atom. The molecule has 1 aromatic heterocycles. The molecule has 0 aromatic carbocycles. The molecule has 1 aliphatic carbocycles. The fourth-order valence-electron chi connectivity index (χ4n) is 5.19. The molecule has 198 valence electrons. The second-order valence-corrected chi connectivity index (χ2v) is 13.1. The standard InChI is InChI=1S/C24H35N5O6S/c1-14(2)19-20-18(29(22(19)31)36(6,33)34)9-10-27(20)21(30)17-12-25-15(11-26-17)13-28(16-7-8-16)23(32)35-24(3,4)5/h11-12,14,16,18-20H,7-10,13H2,1-6H3/t18-,19+,20-/m1/s1. The van der Waals surface area contributed by atoms with Crippen molar-refractivity contribution >= 4 is 27.9 Å². The zero-order valence-electron chi connectivity index (χ0n) is 21.7. The van der Waals surface area contributed by atoms with Crippen LogP contribution < -0.4 is 0 Å². The molecule has 0 unspecified atom stereocenters. The Kier molecular flexibility index (Phi) is 6.78. The maximum absolute atomic E-state index is 13.4. The van der Waals surface area contributed by atoms with E-state index in [4.69, 9.17) is 4.74 Å². The highest BCUT2D eigenvalue weighted by molar-refractivity contribution is 7.88. The van der Waals surface area contributed by atoms with Crippen LogP contribution in [0.2, 0.25) is 0 Å². The van der Waals surface area contributed by atoms with Crippen molar-refractivity contribution < 1.29 is 27.5 Å². The minimum atomic E-state index is -3.75. The molecule has 3 fully saturated rings. The highest BCUT2D eigenvalue weighted by Gasteiger charge is 2.58. The number of amides is 3. The van der Waals surface area contributed by atoms with E-state index >= 15 is 0 Å². The number of likely N-dealkylation sites (tertiary alicyclic amines) is 1. The lowest BCUT2D eigenvalue weighted by Gasteiger charge is -2.29. The Morgan fingerprint density at radius 2 is 1.83 bits per heavy atom. The van der Waals surface area contributed by atoms with E-state index in [-0.39, 0.29) is 30.1 Å². The maximum atomic E-state index is 13.4. The molecule has 4 rings (SSSR count). The largest absolute Gasteiger partial charge is 0.444 e. The molecule has 12 heteroatoms. The predicted octanol–water partition coefficient (Wildman–Crippen LogP) is 2.03. The van der Waals surface area contributed by atoms with Gasteiger partial charge in [0.25, 0.3) is 5.91 Å². The van der Waals surface area contributed by atoms with Gasteiger partial charge in [0.15, 0.2) is 0 Å². The molecule has 1 aromatic rings. The topological polar surface area (TPSA) is 130 Å². The number of carbonyl (C=O) groups excluding carboxylic acids is 3. The molecule has 3 heterocycles. The lowest BCUT2D eigenvalue weighted by atomic mass is 9.88. The Hall–Kier alpha value is -2.76. The molecule has 0 radical (unpaired) electrons. The summed E-state index contributed by atoms with van der Waals surface area (Å²) in [7, 11) is -3.75. The van der Waals surface area contributed by atoms with E-state index in [1.165, 1.54) is 12.4 Å². The minimum absolute atomic E-state index is 0.107. The fourth-order valence-corrected chi connectivity index (χ4v) is 6.36. The summed E-state index contributed by atoms with van der Waals surface area (Å²) in [5.74, 6) is -1.59. The average Bonchev–Trinajstić information content (AvgIpc) is 3.43. The quantitative estimate of drug-likeness (QED) is 0.556. The molecule has 2 aliphatic heterocycles. The molecule has 1 saturated carbocycles. The van der Waals surface area contributed by atoms with E-state index in [1.807, 2.05) is 34.6 Å². The number of hydrogen-bond donors (Lipinski definition) is 0. The van der Waals surface area contributed by atoms with Gasteiger partial charge in [0, 0.05) is 12.6 Å². The Balaban J connectivity index is 1.50. The van der Waals surface area contributed by atoms with Crippen molar-refractivity contribution in [3.8, 4) is 0 Å². The van der Waals surface area contributed by atoms with Crippen molar-refractivity contribution in [2.24, 2.45) is 11.8 Å². The number of fused-ring (bicyclic) bond motifs is 1. The molecule has 3 aliphatic rings. The number of aromatic nitrogens is 2. The molecule has 0 bridgehead atoms. The summed E-state index contributed by atoms with van der Waals surface area (Å²) in [6.07, 6.45) is 5.67. The minimum Gasteiger partial charge on any atom is -0.444 e. The first-order chi connectivity index (χ1) is 16.7. The van der Waals surface area contributed by atoms with E-state index in [0.29, 0.717) is 18.7 Å². The maximum Gasteiger partial charge on any atom is 0.410 e. The summed E-state index contributed by atoms with van der Waals surface area (Å²) in [4.78, 5) is 50.9. The van der Waals surface area contributed by atoms with Crippen LogP contribution in [-0.2, 0) is 26.1 Å². The van der Waals surface area contributed by atoms with Gasteiger partial charge in [-0.3, -0.25) is 19.5 Å². The van der Waals surface area contributed by atoms with Crippen LogP contribution in [0.4, 0.5) is 4.79 Å². The number of carbonyl (C=O) groups is 3. The van der Waals surface area contributed by atoms with Crippen LogP contribution in [0.25, 0.3) is 0 Å². The van der Waals surface area contributed by atoms with Crippen LogP contribution in [0.1, 0.15) is 70.1 Å². The van der Waals surface area contributed by atoms with Gasteiger partial charge in [0.1, 0.15) is 11.3 Å². The van der Waals surface area contributed by atoms with Crippen molar-refractivity contribution in [1.29, 1.82) is 0 Å². The summed E-state index contributed by atoms with van der Waals surface area (Å²) in [5.41, 5.74) is 0.0346. The van der Waals surface area contributed by atoms with Gasteiger partial charge in [-0.25, -0.2) is 22.5 Å². The number of rotatable bonds is 6. The fraction of sp³-hybridized carbons (Fsp3) is 0.708. The van der Waals surface area contributed by atoms with Crippen LogP contribution in [0, 0.1) is 11.8 Å². The van der Waals surface area contributed by atoms with E-state index in [2.05, 4.69) is 9.97 Å². The lowest BCUT2D eigenvalue weighted by molar-refractivity contribution is -0.129. The molecule has 36 heavy (non-hydrogen) atoms. The average molecular weight is 522 g/mol. The number of ether oxygens (including phenoxy) is 1. The normalized spacial score (nSPS) is 24.3. The summed E-state index contributed by atoms with van der Waals surface area (Å²) in [5, 5.41) is 0. The molecule has 11 nitrogen and oxygen atoms in total. The van der Waals surface area contributed by atoms with Gasteiger partial charge in [-0.2, -0.15) is 0 Å². The molecule has 3 amide bonds. The number of sulfonamides is 1. The second kappa shape index (κ2) is 9.28. The van der Waals surface area contributed by atoms with Crippen molar-refractivity contribution in [3.63, 3.8) is 0 Å². The highest BCUT2D eigenvalue weighted by atomic mass is 32.2. The molecular weight excluding hydrogens is 486 g/mol. The monoisotopic (exact) mass is 521 g/mol. The lowest BCUT2D eigenvalue weighted by Crippen LogP contribution is -2.44. The summed E-state index contributed by atoms with van der Waals surface area (Å²) in [6, 6.07) is -1.01. The van der Waals surface area contributed by atoms with Gasteiger partial charge in [0.05, 0.1) is 48.9 Å². The summed E-state index contributed by atoms with van der Waals surface area (Å²) < 4.78 is 31.2. The molecule has 0 spiro atoms. The molecule has 0 N–H and O–H groups in total. The number of nitrogens with zero attached hydrogens (tertiary/aromatic N) is 5. The third kappa shape index (κ3) is 5.18. The third-order valence-electron chi connectivity index (χ3n) is 6.80. The SMILES string of the molecule is CC(C)[C@@H]1C(=O)N(S(C)(=O)=O)[C@@H]2CCN(C(=O)c3cnc(CN(C(=O)OC(C)(C)C)C4CC4)cn3)[C@H]21. The summed E-state index contributed by atoms with van der Waals surface area (Å²) in [6.45, 7) is 9.72. The Bertz CT molecular complexity index is 1140. The van der Waals surface area contributed by atoms with Gasteiger partial charge in [-0.05, 0) is 46.0 Å². The zero-order chi connectivity index (χ0) is 26.6. The van der Waals surface area contributed by atoms with Crippen LogP contribution in [0.5, 0.6) is 0 Å². The number of hydrogen-bond acceptors (Lipinski definition) is 8. The van der Waals surface area contributed by atoms with Gasteiger partial charge in [-0.1, -0.05) is 13.8 Å². The zero-order valence-corrected chi connectivity index (χ0v) is 22.5. The van der Waals surface area contributed by atoms with Crippen LogP contribution in [0.15, 0.2) is 12.4 Å². The van der Waals surface area contributed by atoms with Crippen LogP contribution in [0.3, 0.4) is 0 Å². The van der Waals surface area contributed by atoms with E-state index < -0.39 is 45.6 Å². The van der Waals surface area contributed by atoms with E-state index in [1.54, 1.807) is 9.80 Å². The van der Waals surface area contributed by atoms with Crippen LogP contribution >= 0.6 is 0 Å². The Labute approximate surface area is 212 Å². The van der Waals surface area contributed by atoms with Gasteiger partial charge < -0.3 is 9.64 Å². The second-order valence-electron chi connectivity index (χ2n) is 11.2. The van der Waals surface area contributed by atoms with Crippen molar-refractivity contribution in [2.75, 3.05) is 12.8 Å². The van der Waals surface area contributed by atoms with Crippen molar-refractivity contribution in [2.45, 2.75) is 84.2 Å². The molecule has 3 atom stereocenters. The van der Waals surface area contributed by atoms with Gasteiger partial charge in [-0.15, -0.1) is 0 Å². The van der Waals surface area contributed by atoms with Crippen LogP contribution in [-0.4, -0.2) is 86.9 Å². The summed E-state index contributed by atoms with van der Waals surface area (Å²) >= 11 is 0. The molecule has 2 saturated heterocycles. The first kappa shape index (κ1) is 26.3.